The number of carbonyl (C=O) groups is 2. The molecule has 3 rings (SSSR count). The van der Waals surface area contributed by atoms with E-state index in [0.717, 1.165) is 30.4 Å². The van der Waals surface area contributed by atoms with Crippen molar-refractivity contribution < 1.29 is 14.3 Å². The molecule has 2 aromatic carbocycles. The van der Waals surface area contributed by atoms with E-state index in [0.29, 0.717) is 5.69 Å². The average molecular weight is 338 g/mol. The number of para-hydroxylation sites is 1. The molecule has 25 heavy (non-hydrogen) atoms. The number of esters is 1. The second kappa shape index (κ2) is 7.38. The third kappa shape index (κ3) is 3.82. The molecule has 0 aliphatic heterocycles. The summed E-state index contributed by atoms with van der Waals surface area (Å²) in [5.74, 6) is -0.887. The number of nitrogen functional groups attached to an aromatic ring is 1. The lowest BCUT2D eigenvalue weighted by Gasteiger charge is -2.26. The summed E-state index contributed by atoms with van der Waals surface area (Å²) in [6, 6.07) is 13.2. The fourth-order valence-corrected chi connectivity index (χ4v) is 3.21. The Morgan fingerprint density at radius 2 is 2.00 bits per heavy atom. The van der Waals surface area contributed by atoms with Crippen LogP contribution in [-0.4, -0.2) is 18.5 Å². The number of anilines is 1. The Labute approximate surface area is 147 Å². The van der Waals surface area contributed by atoms with Gasteiger partial charge in [-0.25, -0.2) is 4.79 Å². The quantitative estimate of drug-likeness (QED) is 0.663. The number of carbonyl (C=O) groups excluding carboxylic acids is 2. The van der Waals surface area contributed by atoms with Crippen LogP contribution < -0.4 is 11.1 Å². The topological polar surface area (TPSA) is 81.4 Å². The van der Waals surface area contributed by atoms with Crippen LogP contribution in [0.3, 0.4) is 0 Å². The van der Waals surface area contributed by atoms with Gasteiger partial charge in [0.15, 0.2) is 6.61 Å². The highest BCUT2D eigenvalue weighted by Gasteiger charge is 2.22. The van der Waals surface area contributed by atoms with Crippen LogP contribution in [0.5, 0.6) is 0 Å². The molecule has 0 saturated heterocycles. The number of hydrogen-bond acceptors (Lipinski definition) is 4. The van der Waals surface area contributed by atoms with Crippen molar-refractivity contribution in [1.29, 1.82) is 0 Å². The third-order valence-electron chi connectivity index (χ3n) is 4.58. The number of hydrogen-bond donors (Lipinski definition) is 2. The average Bonchev–Trinajstić information content (AvgIpc) is 2.62. The summed E-state index contributed by atoms with van der Waals surface area (Å²) in [4.78, 5) is 24.3. The number of nitrogens with one attached hydrogen (secondary N) is 1. The summed E-state index contributed by atoms with van der Waals surface area (Å²) in [5.41, 5.74) is 9.78. The molecule has 1 aliphatic carbocycles. The molecule has 5 heteroatoms. The Balaban J connectivity index is 1.59. The molecule has 2 aromatic rings. The first-order valence-electron chi connectivity index (χ1n) is 8.45. The van der Waals surface area contributed by atoms with Crippen LogP contribution in [0.2, 0.25) is 0 Å². The minimum atomic E-state index is -0.583. The minimum absolute atomic E-state index is 0.0276. The highest BCUT2D eigenvalue weighted by Crippen LogP contribution is 2.29. The van der Waals surface area contributed by atoms with Crippen molar-refractivity contribution in [2.24, 2.45) is 0 Å². The Morgan fingerprint density at radius 1 is 1.20 bits per heavy atom. The van der Waals surface area contributed by atoms with Crippen LogP contribution in [0.15, 0.2) is 42.5 Å². The van der Waals surface area contributed by atoms with E-state index < -0.39 is 5.97 Å². The van der Waals surface area contributed by atoms with Crippen LogP contribution >= 0.6 is 0 Å². The molecule has 130 valence electrons. The van der Waals surface area contributed by atoms with E-state index in [1.165, 1.54) is 5.56 Å². The van der Waals surface area contributed by atoms with Gasteiger partial charge in [0.25, 0.3) is 5.91 Å². The van der Waals surface area contributed by atoms with Crippen LogP contribution in [0.1, 0.15) is 45.9 Å². The standard InChI is InChI=1S/C20H22N2O3/c1-13-6-4-10-16(19(13)21)20(24)25-12-18(23)22-17-11-5-8-14-7-2-3-9-15(14)17/h2-4,6-7,9-10,17H,5,8,11-12,21H2,1H3,(H,22,23). The fraction of sp³-hybridized carbons (Fsp3) is 0.300. The lowest BCUT2D eigenvalue weighted by atomic mass is 9.88. The number of aryl methyl sites for hydroxylation is 2. The lowest BCUT2D eigenvalue weighted by Crippen LogP contribution is -2.34. The van der Waals surface area contributed by atoms with E-state index in [4.69, 9.17) is 10.5 Å². The molecule has 0 saturated carbocycles. The SMILES string of the molecule is Cc1cccc(C(=O)OCC(=O)NC2CCCc3ccccc32)c1N. The second-order valence-corrected chi connectivity index (χ2v) is 6.32. The number of nitrogens with two attached hydrogens (primary N) is 1. The Kier molecular flexibility index (Phi) is 5.03. The monoisotopic (exact) mass is 338 g/mol. The van der Waals surface area contributed by atoms with Crippen molar-refractivity contribution in [3.8, 4) is 0 Å². The summed E-state index contributed by atoms with van der Waals surface area (Å²) in [7, 11) is 0. The molecule has 0 fully saturated rings. The normalized spacial score (nSPS) is 16.0. The molecule has 3 N–H and O–H groups in total. The van der Waals surface area contributed by atoms with Gasteiger partial charge < -0.3 is 15.8 Å². The van der Waals surface area contributed by atoms with Crippen molar-refractivity contribution in [3.05, 3.63) is 64.7 Å². The Hall–Kier alpha value is -2.82. The molecular formula is C20H22N2O3. The fourth-order valence-electron chi connectivity index (χ4n) is 3.21. The zero-order valence-electron chi connectivity index (χ0n) is 14.2. The van der Waals surface area contributed by atoms with Gasteiger partial charge in [-0.3, -0.25) is 4.79 Å². The molecule has 1 aliphatic rings. The molecule has 1 amide bonds. The summed E-state index contributed by atoms with van der Waals surface area (Å²) in [6.45, 7) is 1.50. The van der Waals surface area contributed by atoms with Gasteiger partial charge in [-0.05, 0) is 48.9 Å². The highest BCUT2D eigenvalue weighted by atomic mass is 16.5. The van der Waals surface area contributed by atoms with Crippen molar-refractivity contribution in [2.75, 3.05) is 12.3 Å². The first kappa shape index (κ1) is 17.0. The number of ether oxygens (including phenoxy) is 1. The number of rotatable bonds is 4. The molecule has 0 bridgehead atoms. The molecule has 5 nitrogen and oxygen atoms in total. The van der Waals surface area contributed by atoms with Gasteiger partial charge in [0.2, 0.25) is 0 Å². The second-order valence-electron chi connectivity index (χ2n) is 6.32. The van der Waals surface area contributed by atoms with Crippen molar-refractivity contribution >= 4 is 17.6 Å². The van der Waals surface area contributed by atoms with E-state index in [9.17, 15) is 9.59 Å². The summed E-state index contributed by atoms with van der Waals surface area (Å²) < 4.78 is 5.12. The van der Waals surface area contributed by atoms with Crippen molar-refractivity contribution in [2.45, 2.75) is 32.2 Å². The maximum atomic E-state index is 12.2. The highest BCUT2D eigenvalue weighted by molar-refractivity contribution is 5.96. The molecule has 0 heterocycles. The van der Waals surface area contributed by atoms with E-state index in [-0.39, 0.29) is 24.1 Å². The molecule has 0 spiro atoms. The maximum absolute atomic E-state index is 12.2. The van der Waals surface area contributed by atoms with Gasteiger partial charge >= 0.3 is 5.97 Å². The smallest absolute Gasteiger partial charge is 0.340 e. The van der Waals surface area contributed by atoms with E-state index >= 15 is 0 Å². The maximum Gasteiger partial charge on any atom is 0.340 e. The largest absolute Gasteiger partial charge is 0.452 e. The minimum Gasteiger partial charge on any atom is -0.452 e. The van der Waals surface area contributed by atoms with E-state index in [2.05, 4.69) is 11.4 Å². The van der Waals surface area contributed by atoms with Gasteiger partial charge in [-0.2, -0.15) is 0 Å². The Bertz CT molecular complexity index is 801. The van der Waals surface area contributed by atoms with Gasteiger partial charge in [0, 0.05) is 5.69 Å². The third-order valence-corrected chi connectivity index (χ3v) is 4.58. The van der Waals surface area contributed by atoms with Gasteiger partial charge in [-0.1, -0.05) is 36.4 Å². The van der Waals surface area contributed by atoms with Crippen molar-refractivity contribution in [1.82, 2.24) is 5.32 Å². The van der Waals surface area contributed by atoms with E-state index in [1.807, 2.05) is 31.2 Å². The number of benzene rings is 2. The summed E-state index contributed by atoms with van der Waals surface area (Å²) in [6.07, 6.45) is 2.95. The predicted molar refractivity (Wildman–Crippen MR) is 96.1 cm³/mol. The van der Waals surface area contributed by atoms with Gasteiger partial charge in [0.1, 0.15) is 0 Å². The summed E-state index contributed by atoms with van der Waals surface area (Å²) >= 11 is 0. The Morgan fingerprint density at radius 3 is 2.84 bits per heavy atom. The van der Waals surface area contributed by atoms with Gasteiger partial charge in [-0.15, -0.1) is 0 Å². The van der Waals surface area contributed by atoms with Gasteiger partial charge in [0.05, 0.1) is 11.6 Å². The first-order valence-corrected chi connectivity index (χ1v) is 8.45. The van der Waals surface area contributed by atoms with E-state index in [1.54, 1.807) is 12.1 Å². The van der Waals surface area contributed by atoms with Crippen LogP contribution in [-0.2, 0) is 16.0 Å². The van der Waals surface area contributed by atoms with Crippen LogP contribution in [0.4, 0.5) is 5.69 Å². The first-order chi connectivity index (χ1) is 12.1. The van der Waals surface area contributed by atoms with Crippen molar-refractivity contribution in [3.63, 3.8) is 0 Å². The van der Waals surface area contributed by atoms with Crippen LogP contribution in [0, 0.1) is 6.92 Å². The lowest BCUT2D eigenvalue weighted by molar-refractivity contribution is -0.125. The zero-order valence-corrected chi connectivity index (χ0v) is 14.2. The molecule has 0 radical (unpaired) electrons. The molecule has 1 unspecified atom stereocenters. The number of fused-ring (bicyclic) bond motifs is 1. The predicted octanol–water partition coefficient (Wildman–Crippen LogP) is 2.93. The number of amides is 1. The molecule has 1 atom stereocenters. The summed E-state index contributed by atoms with van der Waals surface area (Å²) in [5, 5.41) is 2.96. The zero-order chi connectivity index (χ0) is 17.8. The van der Waals surface area contributed by atoms with Crippen LogP contribution in [0.25, 0.3) is 0 Å². The molecular weight excluding hydrogens is 316 g/mol. The molecule has 0 aromatic heterocycles.